The molecule has 148 valence electrons. The van der Waals surface area contributed by atoms with Crippen LogP contribution in [0.1, 0.15) is 57.3 Å². The number of anilines is 2. The maximum atomic E-state index is 12.6. The molecule has 3 aromatic rings. The van der Waals surface area contributed by atoms with Gasteiger partial charge in [-0.25, -0.2) is 0 Å². The van der Waals surface area contributed by atoms with Crippen LogP contribution in [0.4, 0.5) is 11.4 Å². The Kier molecular flexibility index (Phi) is 6.07. The number of hydrogen-bond donors (Lipinski definition) is 2. The molecule has 0 aliphatic heterocycles. The van der Waals surface area contributed by atoms with Crippen molar-refractivity contribution in [1.29, 1.82) is 0 Å². The van der Waals surface area contributed by atoms with Crippen LogP contribution in [-0.4, -0.2) is 16.8 Å². The fourth-order valence-electron chi connectivity index (χ4n) is 2.92. The molecule has 5 heteroatoms. The van der Waals surface area contributed by atoms with Crippen LogP contribution in [-0.2, 0) is 0 Å². The molecule has 1 aromatic heterocycles. The lowest BCUT2D eigenvalue weighted by Gasteiger charge is -2.11. The molecule has 0 atom stereocenters. The molecule has 2 amide bonds. The van der Waals surface area contributed by atoms with E-state index < -0.39 is 0 Å². The predicted molar refractivity (Wildman–Crippen MR) is 117 cm³/mol. The Balaban J connectivity index is 1.73. The molecule has 1 heterocycles. The lowest BCUT2D eigenvalue weighted by Crippen LogP contribution is -2.17. The van der Waals surface area contributed by atoms with E-state index in [0.29, 0.717) is 17.2 Å². The van der Waals surface area contributed by atoms with Crippen LogP contribution in [0.25, 0.3) is 0 Å². The number of aromatic nitrogens is 1. The lowest BCUT2D eigenvalue weighted by atomic mass is 10.0. The highest BCUT2D eigenvalue weighted by atomic mass is 16.2. The maximum Gasteiger partial charge on any atom is 0.274 e. The monoisotopic (exact) mass is 387 g/mol. The third-order valence-corrected chi connectivity index (χ3v) is 4.94. The van der Waals surface area contributed by atoms with Crippen molar-refractivity contribution in [3.8, 4) is 0 Å². The van der Waals surface area contributed by atoms with Crippen LogP contribution < -0.4 is 10.6 Å². The van der Waals surface area contributed by atoms with Crippen molar-refractivity contribution in [3.05, 3.63) is 88.7 Å². The van der Waals surface area contributed by atoms with Gasteiger partial charge in [0.15, 0.2) is 0 Å². The average molecular weight is 387 g/mol. The summed E-state index contributed by atoms with van der Waals surface area (Å²) in [7, 11) is 0. The smallest absolute Gasteiger partial charge is 0.274 e. The Morgan fingerprint density at radius 1 is 0.897 bits per heavy atom. The van der Waals surface area contributed by atoms with Crippen molar-refractivity contribution in [2.45, 2.75) is 33.6 Å². The van der Waals surface area contributed by atoms with Gasteiger partial charge in [-0.05, 0) is 66.8 Å². The SMILES string of the molecule is Cc1cccc(NC(=O)c2ccnc(C(=O)Nc3ccc(C(C)C)cc3)c2)c1C. The van der Waals surface area contributed by atoms with Gasteiger partial charge in [0.2, 0.25) is 0 Å². The second-order valence-corrected chi connectivity index (χ2v) is 7.36. The number of carbonyl (C=O) groups excluding carboxylic acids is 2. The van der Waals surface area contributed by atoms with Crippen LogP contribution in [0, 0.1) is 13.8 Å². The number of nitrogens with zero attached hydrogens (tertiary/aromatic N) is 1. The molecule has 29 heavy (non-hydrogen) atoms. The second-order valence-electron chi connectivity index (χ2n) is 7.36. The molecule has 0 saturated heterocycles. The molecular weight excluding hydrogens is 362 g/mol. The van der Waals surface area contributed by atoms with Crippen LogP contribution in [0.2, 0.25) is 0 Å². The van der Waals surface area contributed by atoms with Crippen molar-refractivity contribution in [2.75, 3.05) is 10.6 Å². The van der Waals surface area contributed by atoms with E-state index in [0.717, 1.165) is 16.8 Å². The molecule has 0 fully saturated rings. The number of benzene rings is 2. The number of hydrogen-bond acceptors (Lipinski definition) is 3. The van der Waals surface area contributed by atoms with Gasteiger partial charge in [0.1, 0.15) is 5.69 Å². The van der Waals surface area contributed by atoms with E-state index in [2.05, 4.69) is 29.5 Å². The van der Waals surface area contributed by atoms with Crippen molar-refractivity contribution in [1.82, 2.24) is 4.98 Å². The average Bonchev–Trinajstić information content (AvgIpc) is 2.72. The fraction of sp³-hybridized carbons (Fsp3) is 0.208. The van der Waals surface area contributed by atoms with Gasteiger partial charge >= 0.3 is 0 Å². The summed E-state index contributed by atoms with van der Waals surface area (Å²) in [5, 5.41) is 5.73. The molecule has 0 aliphatic rings. The lowest BCUT2D eigenvalue weighted by molar-refractivity contribution is 0.102. The summed E-state index contributed by atoms with van der Waals surface area (Å²) in [4.78, 5) is 29.3. The highest BCUT2D eigenvalue weighted by Gasteiger charge is 2.13. The van der Waals surface area contributed by atoms with Crippen molar-refractivity contribution >= 4 is 23.2 Å². The maximum absolute atomic E-state index is 12.6. The molecule has 2 aromatic carbocycles. The number of amides is 2. The summed E-state index contributed by atoms with van der Waals surface area (Å²) < 4.78 is 0. The van der Waals surface area contributed by atoms with E-state index in [1.54, 1.807) is 6.07 Å². The summed E-state index contributed by atoms with van der Waals surface area (Å²) >= 11 is 0. The Hall–Kier alpha value is -3.47. The summed E-state index contributed by atoms with van der Waals surface area (Å²) in [6.45, 7) is 8.19. The zero-order valence-corrected chi connectivity index (χ0v) is 17.1. The Bertz CT molecular complexity index is 1040. The summed E-state index contributed by atoms with van der Waals surface area (Å²) in [5.74, 6) is -0.214. The van der Waals surface area contributed by atoms with Gasteiger partial charge in [-0.15, -0.1) is 0 Å². The van der Waals surface area contributed by atoms with Crippen molar-refractivity contribution in [2.24, 2.45) is 0 Å². The van der Waals surface area contributed by atoms with E-state index in [4.69, 9.17) is 0 Å². The highest BCUT2D eigenvalue weighted by Crippen LogP contribution is 2.20. The number of aryl methyl sites for hydroxylation is 1. The standard InChI is InChI=1S/C24H25N3O2/c1-15(2)18-8-10-20(11-9-18)26-24(29)22-14-19(12-13-25-22)23(28)27-21-7-5-6-16(3)17(21)4/h5-15H,1-4H3,(H,26,29)(H,27,28). The molecule has 5 nitrogen and oxygen atoms in total. The summed E-state index contributed by atoms with van der Waals surface area (Å²) in [6.07, 6.45) is 1.47. The second kappa shape index (κ2) is 8.69. The Morgan fingerprint density at radius 2 is 1.62 bits per heavy atom. The van der Waals surface area contributed by atoms with Crippen LogP contribution >= 0.6 is 0 Å². The number of nitrogens with one attached hydrogen (secondary N) is 2. The predicted octanol–water partition coefficient (Wildman–Crippen LogP) is 5.33. The van der Waals surface area contributed by atoms with Gasteiger partial charge in [0.25, 0.3) is 11.8 Å². The topological polar surface area (TPSA) is 71.1 Å². The molecule has 0 saturated carbocycles. The largest absolute Gasteiger partial charge is 0.322 e. The highest BCUT2D eigenvalue weighted by molar-refractivity contribution is 6.08. The zero-order valence-electron chi connectivity index (χ0n) is 17.1. The molecule has 0 unspecified atom stereocenters. The summed E-state index contributed by atoms with van der Waals surface area (Å²) in [5.41, 5.74) is 5.31. The van der Waals surface area contributed by atoms with Crippen LogP contribution in [0.5, 0.6) is 0 Å². The minimum absolute atomic E-state index is 0.187. The first kappa shape index (κ1) is 20.3. The normalized spacial score (nSPS) is 10.7. The molecule has 0 bridgehead atoms. The van der Waals surface area contributed by atoms with Crippen molar-refractivity contribution < 1.29 is 9.59 Å². The quantitative estimate of drug-likeness (QED) is 0.622. The van der Waals surface area contributed by atoms with Gasteiger partial charge in [0, 0.05) is 23.1 Å². The first-order chi connectivity index (χ1) is 13.8. The fourth-order valence-corrected chi connectivity index (χ4v) is 2.92. The van der Waals surface area contributed by atoms with Gasteiger partial charge in [-0.2, -0.15) is 0 Å². The zero-order chi connectivity index (χ0) is 21.0. The van der Waals surface area contributed by atoms with Crippen LogP contribution in [0.3, 0.4) is 0 Å². The molecule has 0 aliphatic carbocycles. The van der Waals surface area contributed by atoms with E-state index >= 15 is 0 Å². The molecule has 2 N–H and O–H groups in total. The molecule has 0 spiro atoms. The van der Waals surface area contributed by atoms with E-state index in [-0.39, 0.29) is 17.5 Å². The molecule has 3 rings (SSSR count). The molecule has 0 radical (unpaired) electrons. The minimum Gasteiger partial charge on any atom is -0.322 e. The van der Waals surface area contributed by atoms with E-state index in [1.165, 1.54) is 17.8 Å². The Morgan fingerprint density at radius 3 is 2.31 bits per heavy atom. The number of rotatable bonds is 5. The van der Waals surface area contributed by atoms with Gasteiger partial charge in [-0.1, -0.05) is 38.1 Å². The number of carbonyl (C=O) groups is 2. The third kappa shape index (κ3) is 4.88. The van der Waals surface area contributed by atoms with Crippen molar-refractivity contribution in [3.63, 3.8) is 0 Å². The van der Waals surface area contributed by atoms with Gasteiger partial charge in [-0.3, -0.25) is 14.6 Å². The molecular formula is C24H25N3O2. The van der Waals surface area contributed by atoms with E-state index in [1.807, 2.05) is 56.3 Å². The van der Waals surface area contributed by atoms with Crippen LogP contribution in [0.15, 0.2) is 60.8 Å². The minimum atomic E-state index is -0.358. The van der Waals surface area contributed by atoms with Gasteiger partial charge in [0.05, 0.1) is 0 Å². The Labute approximate surface area is 171 Å². The first-order valence-electron chi connectivity index (χ1n) is 9.60. The third-order valence-electron chi connectivity index (χ3n) is 4.94. The first-order valence-corrected chi connectivity index (χ1v) is 9.60. The van der Waals surface area contributed by atoms with E-state index in [9.17, 15) is 9.59 Å². The number of pyridine rings is 1. The summed E-state index contributed by atoms with van der Waals surface area (Å²) in [6, 6.07) is 16.5. The van der Waals surface area contributed by atoms with Gasteiger partial charge < -0.3 is 10.6 Å².